The van der Waals surface area contributed by atoms with Gasteiger partial charge in [-0.05, 0) is 81.6 Å². The Hall–Kier alpha value is -2.41. The van der Waals surface area contributed by atoms with Gasteiger partial charge in [-0.15, -0.1) is 0 Å². The van der Waals surface area contributed by atoms with Crippen LogP contribution in [0.2, 0.25) is 5.02 Å². The molecule has 6 nitrogen and oxygen atoms in total. The summed E-state index contributed by atoms with van der Waals surface area (Å²) in [7, 11) is 4.17. The van der Waals surface area contributed by atoms with E-state index in [1.165, 1.54) is 5.56 Å². The lowest BCUT2D eigenvalue weighted by Crippen LogP contribution is -2.34. The van der Waals surface area contributed by atoms with Crippen molar-refractivity contribution in [1.82, 2.24) is 4.90 Å². The van der Waals surface area contributed by atoms with Crippen LogP contribution in [-0.2, 0) is 21.6 Å². The molecule has 0 aliphatic heterocycles. The van der Waals surface area contributed by atoms with Crippen LogP contribution in [0, 0.1) is 0 Å². The number of fused-ring (bicyclic) bond motifs is 1. The first kappa shape index (κ1) is 24.9. The number of benzene rings is 2. The zero-order valence-electron chi connectivity index (χ0n) is 17.9. The molecule has 3 N–H and O–H groups in total. The van der Waals surface area contributed by atoms with Crippen LogP contribution in [0.15, 0.2) is 48.5 Å². The molecule has 31 heavy (non-hydrogen) atoms. The Morgan fingerprint density at radius 3 is 2.39 bits per heavy atom. The third kappa shape index (κ3) is 6.79. The standard InChI is InChI=1S/C22H28ClNO.C2H2O4/c1-24(2)15-7-14-22(25)20-12-4-3-8-17(20)9-6-13-21(22)18-10-5-11-19(23)16-18;3-1(4)2(5)6/h3-5,8,10-12,16,21,25H,6-7,9,13-15H2,1-2H3;(H,3,4)(H,5,6)/t21-,22-;/m0./s1. The molecule has 3 rings (SSSR count). The first-order valence-corrected chi connectivity index (χ1v) is 10.7. The number of aliphatic carboxylic acids is 2. The molecular weight excluding hydrogens is 418 g/mol. The molecule has 0 amide bonds. The monoisotopic (exact) mass is 447 g/mol. The van der Waals surface area contributed by atoms with Crippen molar-refractivity contribution in [3.63, 3.8) is 0 Å². The van der Waals surface area contributed by atoms with Crippen LogP contribution in [0.1, 0.15) is 48.3 Å². The van der Waals surface area contributed by atoms with Crippen molar-refractivity contribution in [2.75, 3.05) is 20.6 Å². The molecule has 168 valence electrons. The van der Waals surface area contributed by atoms with Gasteiger partial charge in [0.2, 0.25) is 0 Å². The Morgan fingerprint density at radius 1 is 1.10 bits per heavy atom. The molecule has 0 aromatic heterocycles. The molecule has 0 unspecified atom stereocenters. The van der Waals surface area contributed by atoms with Crippen LogP contribution in [-0.4, -0.2) is 52.8 Å². The van der Waals surface area contributed by atoms with Crippen LogP contribution < -0.4 is 0 Å². The fourth-order valence-corrected chi connectivity index (χ4v) is 4.42. The highest BCUT2D eigenvalue weighted by Crippen LogP contribution is 2.47. The molecule has 1 aliphatic carbocycles. The van der Waals surface area contributed by atoms with Crippen molar-refractivity contribution >= 4 is 23.5 Å². The lowest BCUT2D eigenvalue weighted by Gasteiger charge is -2.37. The zero-order chi connectivity index (χ0) is 23.0. The number of halogens is 1. The minimum absolute atomic E-state index is 0.0806. The van der Waals surface area contributed by atoms with Crippen LogP contribution in [0.5, 0.6) is 0 Å². The molecular formula is C24H30ClNO5. The van der Waals surface area contributed by atoms with Crippen molar-refractivity contribution in [2.45, 2.75) is 43.6 Å². The Bertz CT molecular complexity index is 889. The predicted octanol–water partition coefficient (Wildman–Crippen LogP) is 4.15. The van der Waals surface area contributed by atoms with Gasteiger partial charge in [0.15, 0.2) is 0 Å². The van der Waals surface area contributed by atoms with E-state index in [4.69, 9.17) is 31.4 Å². The molecule has 1 aliphatic rings. The van der Waals surface area contributed by atoms with E-state index in [1.807, 2.05) is 18.2 Å². The van der Waals surface area contributed by atoms with Crippen molar-refractivity contribution in [3.05, 3.63) is 70.2 Å². The fourth-order valence-electron chi connectivity index (χ4n) is 4.22. The molecule has 0 bridgehead atoms. The molecule has 0 saturated heterocycles. The molecule has 2 aromatic rings. The number of nitrogens with zero attached hydrogens (tertiary/aromatic N) is 1. The van der Waals surface area contributed by atoms with Crippen molar-refractivity contribution in [3.8, 4) is 0 Å². The number of hydrogen-bond acceptors (Lipinski definition) is 4. The SMILES string of the molecule is CN(C)CCC[C@]1(O)c2ccccc2CCC[C@H]1c1cccc(Cl)c1.O=C(O)C(=O)O. The zero-order valence-corrected chi connectivity index (χ0v) is 18.7. The summed E-state index contributed by atoms with van der Waals surface area (Å²) >= 11 is 6.26. The van der Waals surface area contributed by atoms with Gasteiger partial charge in [-0.25, -0.2) is 9.59 Å². The lowest BCUT2D eigenvalue weighted by atomic mass is 9.73. The largest absolute Gasteiger partial charge is 0.473 e. The predicted molar refractivity (Wildman–Crippen MR) is 121 cm³/mol. The van der Waals surface area contributed by atoms with Crippen LogP contribution in [0.25, 0.3) is 0 Å². The summed E-state index contributed by atoms with van der Waals surface area (Å²) in [4.78, 5) is 20.4. The first-order chi connectivity index (χ1) is 14.6. The third-order valence-electron chi connectivity index (χ3n) is 5.60. The Balaban J connectivity index is 0.000000501. The number of rotatable bonds is 5. The second-order valence-electron chi connectivity index (χ2n) is 8.10. The van der Waals surface area contributed by atoms with Crippen LogP contribution in [0.4, 0.5) is 0 Å². The Kier molecular flexibility index (Phi) is 9.04. The van der Waals surface area contributed by atoms with Crippen LogP contribution in [0.3, 0.4) is 0 Å². The average Bonchev–Trinajstić information content (AvgIpc) is 2.85. The van der Waals surface area contributed by atoms with Gasteiger partial charge in [-0.3, -0.25) is 0 Å². The smallest absolute Gasteiger partial charge is 0.414 e. The van der Waals surface area contributed by atoms with Gasteiger partial charge < -0.3 is 20.2 Å². The highest BCUT2D eigenvalue weighted by molar-refractivity contribution is 6.30. The summed E-state index contributed by atoms with van der Waals surface area (Å²) in [6.07, 6.45) is 4.83. The van der Waals surface area contributed by atoms with Gasteiger partial charge in [0.05, 0.1) is 5.60 Å². The number of carboxylic acid groups (broad SMARTS) is 2. The molecule has 7 heteroatoms. The van der Waals surface area contributed by atoms with Gasteiger partial charge in [-0.2, -0.15) is 0 Å². The molecule has 0 radical (unpaired) electrons. The number of aliphatic hydroxyl groups is 1. The summed E-state index contributed by atoms with van der Waals surface area (Å²) in [6, 6.07) is 16.5. The van der Waals surface area contributed by atoms with E-state index in [0.29, 0.717) is 0 Å². The van der Waals surface area contributed by atoms with Gasteiger partial charge in [-0.1, -0.05) is 48.0 Å². The van der Waals surface area contributed by atoms with E-state index < -0.39 is 17.5 Å². The van der Waals surface area contributed by atoms with Gasteiger partial charge in [0.1, 0.15) is 0 Å². The first-order valence-electron chi connectivity index (χ1n) is 10.3. The van der Waals surface area contributed by atoms with Gasteiger partial charge >= 0.3 is 11.9 Å². The van der Waals surface area contributed by atoms with Crippen LogP contribution >= 0.6 is 11.6 Å². The number of carboxylic acids is 2. The van der Waals surface area contributed by atoms with E-state index in [-0.39, 0.29) is 5.92 Å². The Morgan fingerprint density at radius 2 is 1.77 bits per heavy atom. The van der Waals surface area contributed by atoms with Gasteiger partial charge in [0, 0.05) is 10.9 Å². The minimum atomic E-state index is -1.82. The molecule has 2 aromatic carbocycles. The van der Waals surface area contributed by atoms with E-state index in [0.717, 1.165) is 54.8 Å². The van der Waals surface area contributed by atoms with E-state index in [9.17, 15) is 5.11 Å². The van der Waals surface area contributed by atoms with Crippen molar-refractivity contribution in [1.29, 1.82) is 0 Å². The topological polar surface area (TPSA) is 98.1 Å². The summed E-state index contributed by atoms with van der Waals surface area (Å²) < 4.78 is 0. The van der Waals surface area contributed by atoms with Crippen molar-refractivity contribution < 1.29 is 24.9 Å². The summed E-state index contributed by atoms with van der Waals surface area (Å²) in [6.45, 7) is 0.979. The minimum Gasteiger partial charge on any atom is -0.473 e. The summed E-state index contributed by atoms with van der Waals surface area (Å²) in [5, 5.41) is 27.5. The number of aryl methyl sites for hydroxylation is 1. The summed E-state index contributed by atoms with van der Waals surface area (Å²) in [5.41, 5.74) is 2.71. The summed E-state index contributed by atoms with van der Waals surface area (Å²) in [5.74, 6) is -3.57. The molecule has 0 spiro atoms. The lowest BCUT2D eigenvalue weighted by molar-refractivity contribution is -0.159. The maximum Gasteiger partial charge on any atom is 0.414 e. The van der Waals surface area contributed by atoms with E-state index >= 15 is 0 Å². The molecule has 2 atom stereocenters. The maximum absolute atomic E-state index is 12.0. The molecule has 0 fully saturated rings. The average molecular weight is 448 g/mol. The van der Waals surface area contributed by atoms with Gasteiger partial charge in [0.25, 0.3) is 0 Å². The quantitative estimate of drug-likeness (QED) is 0.470. The third-order valence-corrected chi connectivity index (χ3v) is 5.83. The second kappa shape index (κ2) is 11.3. The fraction of sp³-hybridized carbons (Fsp3) is 0.417. The highest BCUT2D eigenvalue weighted by Gasteiger charge is 2.41. The maximum atomic E-state index is 12.0. The van der Waals surface area contributed by atoms with Crippen molar-refractivity contribution in [2.24, 2.45) is 0 Å². The highest BCUT2D eigenvalue weighted by atomic mass is 35.5. The number of carbonyl (C=O) groups is 2. The second-order valence-corrected chi connectivity index (χ2v) is 8.53. The molecule has 0 heterocycles. The number of hydrogen-bond donors (Lipinski definition) is 3. The Labute approximate surface area is 188 Å². The van der Waals surface area contributed by atoms with E-state index in [2.05, 4.69) is 49.3 Å². The molecule has 0 saturated carbocycles. The normalized spacial score (nSPS) is 20.2. The van der Waals surface area contributed by atoms with E-state index in [1.54, 1.807) is 0 Å².